The number of fused-ring (bicyclic) bond motifs is 2. The number of nitrogens with one attached hydrogen (secondary N) is 2. The van der Waals surface area contributed by atoms with Crippen molar-refractivity contribution < 1.29 is 0 Å². The van der Waals surface area contributed by atoms with Crippen LogP contribution >= 0.6 is 0 Å². The van der Waals surface area contributed by atoms with Gasteiger partial charge in [-0.3, -0.25) is 10.1 Å². The third-order valence-electron chi connectivity index (χ3n) is 6.12. The molecule has 1 saturated heterocycles. The van der Waals surface area contributed by atoms with Gasteiger partial charge in [0.25, 0.3) is 0 Å². The van der Waals surface area contributed by atoms with Crippen molar-refractivity contribution in [2.45, 2.75) is 0 Å². The Hall–Kier alpha value is -3.71. The number of pyridine rings is 1. The second-order valence-electron chi connectivity index (χ2n) is 8.12. The third-order valence-corrected chi connectivity index (χ3v) is 6.12. The average Bonchev–Trinajstić information content (AvgIpc) is 3.43. The maximum Gasteiger partial charge on any atom is 0.159 e. The fraction of sp³-hybridized carbons (Fsp3) is 0.208. The summed E-state index contributed by atoms with van der Waals surface area (Å²) in [4.78, 5) is 17.5. The Kier molecular flexibility index (Phi) is 4.21. The predicted octanol–water partition coefficient (Wildman–Crippen LogP) is 3.92. The van der Waals surface area contributed by atoms with Gasteiger partial charge in [0.05, 0.1) is 16.7 Å². The molecule has 2 N–H and O–H groups in total. The maximum atomic E-state index is 5.00. The van der Waals surface area contributed by atoms with Gasteiger partial charge in [0, 0.05) is 49.5 Å². The molecule has 0 spiro atoms. The molecule has 154 valence electrons. The summed E-state index contributed by atoms with van der Waals surface area (Å²) < 4.78 is 0. The van der Waals surface area contributed by atoms with Crippen molar-refractivity contribution in [2.24, 2.45) is 0 Å². The number of benzene rings is 2. The molecule has 2 aromatic carbocycles. The van der Waals surface area contributed by atoms with E-state index in [0.717, 1.165) is 70.8 Å². The van der Waals surface area contributed by atoms with E-state index in [1.807, 2.05) is 12.3 Å². The quantitative estimate of drug-likeness (QED) is 0.472. The first-order valence-corrected chi connectivity index (χ1v) is 10.6. The molecule has 0 amide bonds. The summed E-state index contributed by atoms with van der Waals surface area (Å²) in [7, 11) is 2.17. The largest absolute Gasteiger partial charge is 0.367 e. The number of para-hydroxylation sites is 1. The molecule has 6 rings (SSSR count). The fourth-order valence-corrected chi connectivity index (χ4v) is 4.34. The minimum atomic E-state index is 0.783. The van der Waals surface area contributed by atoms with Crippen LogP contribution in [0.2, 0.25) is 0 Å². The first-order chi connectivity index (χ1) is 15.3. The Morgan fingerprint density at radius 2 is 1.81 bits per heavy atom. The van der Waals surface area contributed by atoms with Crippen LogP contribution in [-0.4, -0.2) is 63.3 Å². The van der Waals surface area contributed by atoms with E-state index in [1.54, 1.807) is 6.20 Å². The number of aromatic nitrogens is 5. The summed E-state index contributed by atoms with van der Waals surface area (Å²) in [6.45, 7) is 4.15. The van der Waals surface area contributed by atoms with Crippen LogP contribution in [0.3, 0.4) is 0 Å². The number of likely N-dealkylation sites (N-methyl/N-ethyl adjacent to an activating group) is 1. The van der Waals surface area contributed by atoms with Crippen LogP contribution in [-0.2, 0) is 0 Å². The number of imidazole rings is 1. The lowest BCUT2D eigenvalue weighted by Crippen LogP contribution is -2.44. The van der Waals surface area contributed by atoms with Gasteiger partial charge in [-0.2, -0.15) is 5.10 Å². The smallest absolute Gasteiger partial charge is 0.159 e. The summed E-state index contributed by atoms with van der Waals surface area (Å²) in [5.41, 5.74) is 7.23. The Morgan fingerprint density at radius 3 is 2.65 bits per heavy atom. The fourth-order valence-electron chi connectivity index (χ4n) is 4.34. The molecule has 0 aliphatic carbocycles. The number of nitrogens with zero attached hydrogens (tertiary/aromatic N) is 5. The number of hydrogen-bond acceptors (Lipinski definition) is 5. The minimum Gasteiger partial charge on any atom is -0.367 e. The van der Waals surface area contributed by atoms with Crippen molar-refractivity contribution in [3.05, 3.63) is 60.9 Å². The highest BCUT2D eigenvalue weighted by atomic mass is 15.3. The lowest BCUT2D eigenvalue weighted by atomic mass is 10.0. The highest BCUT2D eigenvalue weighted by molar-refractivity contribution is 5.97. The van der Waals surface area contributed by atoms with E-state index < -0.39 is 0 Å². The molecule has 3 aromatic heterocycles. The normalized spacial score (nSPS) is 15.2. The molecule has 1 aliphatic rings. The number of aromatic amines is 2. The lowest BCUT2D eigenvalue weighted by Gasteiger charge is -2.34. The van der Waals surface area contributed by atoms with E-state index in [0.29, 0.717) is 0 Å². The average molecular weight is 409 g/mol. The molecule has 4 heterocycles. The summed E-state index contributed by atoms with van der Waals surface area (Å²) in [6, 6.07) is 16.7. The highest BCUT2D eigenvalue weighted by Crippen LogP contribution is 2.32. The zero-order chi connectivity index (χ0) is 20.8. The second-order valence-corrected chi connectivity index (χ2v) is 8.12. The molecule has 0 unspecified atom stereocenters. The van der Waals surface area contributed by atoms with Crippen LogP contribution in [0.1, 0.15) is 0 Å². The molecule has 5 aromatic rings. The van der Waals surface area contributed by atoms with Crippen molar-refractivity contribution in [1.29, 1.82) is 0 Å². The van der Waals surface area contributed by atoms with Gasteiger partial charge >= 0.3 is 0 Å². The van der Waals surface area contributed by atoms with Crippen molar-refractivity contribution in [2.75, 3.05) is 38.1 Å². The molecule has 7 heteroatoms. The lowest BCUT2D eigenvalue weighted by molar-refractivity contribution is 0.313. The van der Waals surface area contributed by atoms with Gasteiger partial charge in [-0.05, 0) is 42.9 Å². The number of piperazine rings is 1. The molecule has 0 atom stereocenters. The van der Waals surface area contributed by atoms with E-state index in [1.165, 1.54) is 5.69 Å². The van der Waals surface area contributed by atoms with E-state index in [-0.39, 0.29) is 0 Å². The van der Waals surface area contributed by atoms with Crippen molar-refractivity contribution in [3.8, 4) is 22.6 Å². The van der Waals surface area contributed by atoms with Gasteiger partial charge in [-0.1, -0.05) is 18.2 Å². The standard InChI is InChI=1S/C24H23N7/c1-30-10-12-31(13-11-30)21-6-2-5-20-23(21)27-24(26-20)22-18-14-16(7-8-19(18)28-29-22)17-4-3-9-25-15-17/h2-9,14-15H,10-13H2,1H3,(H,26,27)(H,28,29). The summed E-state index contributed by atoms with van der Waals surface area (Å²) in [6.07, 6.45) is 3.67. The van der Waals surface area contributed by atoms with Crippen LogP contribution in [0.4, 0.5) is 5.69 Å². The highest BCUT2D eigenvalue weighted by Gasteiger charge is 2.20. The van der Waals surface area contributed by atoms with Gasteiger partial charge < -0.3 is 14.8 Å². The molecular formula is C24H23N7. The van der Waals surface area contributed by atoms with Gasteiger partial charge in [0.2, 0.25) is 0 Å². The van der Waals surface area contributed by atoms with E-state index in [9.17, 15) is 0 Å². The van der Waals surface area contributed by atoms with Crippen molar-refractivity contribution in [1.82, 2.24) is 30.0 Å². The first kappa shape index (κ1) is 18.1. The van der Waals surface area contributed by atoms with Gasteiger partial charge in [0.1, 0.15) is 11.2 Å². The Morgan fingerprint density at radius 1 is 0.903 bits per heavy atom. The number of hydrogen-bond donors (Lipinski definition) is 2. The van der Waals surface area contributed by atoms with E-state index in [4.69, 9.17) is 4.98 Å². The SMILES string of the molecule is CN1CCN(c2cccc3[nH]c(-c4n[nH]c5ccc(-c6cccnc6)cc45)nc23)CC1. The summed E-state index contributed by atoms with van der Waals surface area (Å²) in [5, 5.41) is 8.79. The van der Waals surface area contributed by atoms with Crippen LogP contribution in [0.25, 0.3) is 44.6 Å². The first-order valence-electron chi connectivity index (χ1n) is 10.6. The molecule has 0 bridgehead atoms. The topological polar surface area (TPSA) is 76.7 Å². The maximum absolute atomic E-state index is 5.00. The molecule has 0 saturated carbocycles. The molecule has 1 fully saturated rings. The third kappa shape index (κ3) is 3.14. The monoisotopic (exact) mass is 409 g/mol. The number of anilines is 1. The molecule has 7 nitrogen and oxygen atoms in total. The zero-order valence-corrected chi connectivity index (χ0v) is 17.3. The van der Waals surface area contributed by atoms with Crippen LogP contribution in [0, 0.1) is 0 Å². The minimum absolute atomic E-state index is 0.783. The van der Waals surface area contributed by atoms with Crippen LogP contribution in [0.15, 0.2) is 60.9 Å². The van der Waals surface area contributed by atoms with Crippen LogP contribution in [0.5, 0.6) is 0 Å². The number of H-pyrrole nitrogens is 2. The molecule has 0 radical (unpaired) electrons. The van der Waals surface area contributed by atoms with Gasteiger partial charge in [-0.15, -0.1) is 0 Å². The van der Waals surface area contributed by atoms with E-state index in [2.05, 4.69) is 79.5 Å². The van der Waals surface area contributed by atoms with Crippen molar-refractivity contribution >= 4 is 27.6 Å². The van der Waals surface area contributed by atoms with Crippen molar-refractivity contribution in [3.63, 3.8) is 0 Å². The van der Waals surface area contributed by atoms with E-state index >= 15 is 0 Å². The van der Waals surface area contributed by atoms with Crippen LogP contribution < -0.4 is 4.90 Å². The molecular weight excluding hydrogens is 386 g/mol. The predicted molar refractivity (Wildman–Crippen MR) is 124 cm³/mol. The van der Waals surface area contributed by atoms with Gasteiger partial charge in [-0.25, -0.2) is 4.98 Å². The molecule has 31 heavy (non-hydrogen) atoms. The number of rotatable bonds is 3. The molecule has 1 aliphatic heterocycles. The summed E-state index contributed by atoms with van der Waals surface area (Å²) in [5.74, 6) is 0.783. The Bertz CT molecular complexity index is 1360. The Labute approximate surface area is 179 Å². The summed E-state index contributed by atoms with van der Waals surface area (Å²) >= 11 is 0. The Balaban J connectivity index is 1.44. The van der Waals surface area contributed by atoms with Gasteiger partial charge in [0.15, 0.2) is 5.82 Å². The zero-order valence-electron chi connectivity index (χ0n) is 17.3. The second kappa shape index (κ2) is 7.21.